The van der Waals surface area contributed by atoms with Gasteiger partial charge in [0.1, 0.15) is 4.90 Å². The van der Waals surface area contributed by atoms with Crippen molar-refractivity contribution in [2.45, 2.75) is 4.90 Å². The lowest BCUT2D eigenvalue weighted by Crippen LogP contribution is -2.33. The van der Waals surface area contributed by atoms with Crippen LogP contribution in [0.1, 0.15) is 0 Å². The number of benzene rings is 1. The van der Waals surface area contributed by atoms with Crippen LogP contribution in [0.15, 0.2) is 32.7 Å². The first-order valence-corrected chi connectivity index (χ1v) is 6.93. The van der Waals surface area contributed by atoms with E-state index in [4.69, 9.17) is 22.5 Å². The zero-order valence-corrected chi connectivity index (χ0v) is 11.6. The molecule has 0 saturated carbocycles. The minimum atomic E-state index is -3.79. The summed E-state index contributed by atoms with van der Waals surface area (Å²) in [6, 6.07) is 4.35. The lowest BCUT2D eigenvalue weighted by atomic mass is 10.4. The molecule has 1 aromatic rings. The molecule has 17 heavy (non-hydrogen) atoms. The van der Waals surface area contributed by atoms with Crippen LogP contribution in [0.2, 0.25) is 5.02 Å². The van der Waals surface area contributed by atoms with Crippen LogP contribution in [0.4, 0.5) is 0 Å². The maximum absolute atomic E-state index is 11.8. The number of amidine groups is 1. The van der Waals surface area contributed by atoms with E-state index in [-0.39, 0.29) is 22.3 Å². The number of oxime groups is 1. The number of nitrogens with one attached hydrogen (secondary N) is 1. The number of nitrogens with two attached hydrogens (primary N) is 1. The third kappa shape index (κ3) is 3.84. The van der Waals surface area contributed by atoms with E-state index >= 15 is 0 Å². The monoisotopic (exact) mass is 341 g/mol. The van der Waals surface area contributed by atoms with E-state index in [0.717, 1.165) is 0 Å². The predicted octanol–water partition coefficient (Wildman–Crippen LogP) is 1.13. The zero-order valence-electron chi connectivity index (χ0n) is 8.39. The molecule has 9 heteroatoms. The van der Waals surface area contributed by atoms with Crippen molar-refractivity contribution in [1.82, 2.24) is 4.72 Å². The highest BCUT2D eigenvalue weighted by molar-refractivity contribution is 9.10. The molecule has 0 aliphatic heterocycles. The predicted molar refractivity (Wildman–Crippen MR) is 67.7 cm³/mol. The molecule has 6 nitrogen and oxygen atoms in total. The van der Waals surface area contributed by atoms with Gasteiger partial charge in [0.05, 0.1) is 11.6 Å². The molecule has 0 heterocycles. The van der Waals surface area contributed by atoms with Gasteiger partial charge < -0.3 is 10.9 Å². The summed E-state index contributed by atoms with van der Waals surface area (Å²) in [6.07, 6.45) is 0. The second kappa shape index (κ2) is 5.67. The molecule has 0 saturated heterocycles. The fourth-order valence-corrected chi connectivity index (χ4v) is 3.01. The Balaban J connectivity index is 2.98. The second-order valence-electron chi connectivity index (χ2n) is 2.99. The Bertz CT molecular complexity index is 547. The first-order chi connectivity index (χ1) is 7.86. The molecule has 1 rings (SSSR count). The van der Waals surface area contributed by atoms with Gasteiger partial charge in [-0.3, -0.25) is 0 Å². The van der Waals surface area contributed by atoms with Crippen molar-refractivity contribution >= 4 is 43.4 Å². The molecule has 0 aliphatic rings. The van der Waals surface area contributed by atoms with E-state index in [2.05, 4.69) is 25.8 Å². The van der Waals surface area contributed by atoms with Crippen molar-refractivity contribution in [3.05, 3.63) is 27.7 Å². The van der Waals surface area contributed by atoms with Crippen LogP contribution in [0.25, 0.3) is 0 Å². The lowest BCUT2D eigenvalue weighted by Gasteiger charge is -2.07. The maximum atomic E-state index is 11.8. The lowest BCUT2D eigenvalue weighted by molar-refractivity contribution is 0.317. The summed E-state index contributed by atoms with van der Waals surface area (Å²) >= 11 is 8.97. The minimum absolute atomic E-state index is 0.0754. The number of rotatable bonds is 4. The summed E-state index contributed by atoms with van der Waals surface area (Å²) in [5.74, 6) is -0.248. The molecule has 0 unspecified atom stereocenters. The van der Waals surface area contributed by atoms with Crippen LogP contribution in [0, 0.1) is 0 Å². The van der Waals surface area contributed by atoms with E-state index in [1.165, 1.54) is 12.1 Å². The summed E-state index contributed by atoms with van der Waals surface area (Å²) in [4.78, 5) is -0.0758. The Labute approximate surface area is 112 Å². The highest BCUT2D eigenvalue weighted by Gasteiger charge is 2.17. The Morgan fingerprint density at radius 3 is 2.76 bits per heavy atom. The first-order valence-electron chi connectivity index (χ1n) is 4.28. The third-order valence-corrected chi connectivity index (χ3v) is 4.13. The average molecular weight is 343 g/mol. The van der Waals surface area contributed by atoms with Crippen LogP contribution in [-0.2, 0) is 10.0 Å². The van der Waals surface area contributed by atoms with Gasteiger partial charge in [0.25, 0.3) is 0 Å². The second-order valence-corrected chi connectivity index (χ2v) is 6.05. The third-order valence-electron chi connectivity index (χ3n) is 1.76. The Morgan fingerprint density at radius 1 is 1.59 bits per heavy atom. The number of hydrogen-bond acceptors (Lipinski definition) is 4. The van der Waals surface area contributed by atoms with Gasteiger partial charge in [-0.2, -0.15) is 0 Å². The van der Waals surface area contributed by atoms with Gasteiger partial charge in [-0.1, -0.05) is 32.7 Å². The Kier molecular flexibility index (Phi) is 4.75. The fourth-order valence-electron chi connectivity index (χ4n) is 0.975. The average Bonchev–Trinajstić information content (AvgIpc) is 2.25. The van der Waals surface area contributed by atoms with Gasteiger partial charge in [-0.05, 0) is 18.2 Å². The van der Waals surface area contributed by atoms with Crippen LogP contribution >= 0.6 is 27.5 Å². The minimum Gasteiger partial charge on any atom is -0.409 e. The van der Waals surface area contributed by atoms with E-state index in [9.17, 15) is 8.42 Å². The largest absolute Gasteiger partial charge is 0.409 e. The van der Waals surface area contributed by atoms with E-state index in [0.29, 0.717) is 4.47 Å². The van der Waals surface area contributed by atoms with E-state index < -0.39 is 10.0 Å². The molecule has 0 spiro atoms. The van der Waals surface area contributed by atoms with Crippen LogP contribution in [0.3, 0.4) is 0 Å². The van der Waals surface area contributed by atoms with Crippen molar-refractivity contribution in [2.75, 3.05) is 6.54 Å². The molecular formula is C8H9BrClN3O3S. The van der Waals surface area contributed by atoms with Gasteiger partial charge in [-0.25, -0.2) is 13.1 Å². The smallest absolute Gasteiger partial charge is 0.242 e. The van der Waals surface area contributed by atoms with Crippen molar-refractivity contribution in [3.8, 4) is 0 Å². The molecule has 0 amide bonds. The summed E-state index contributed by atoms with van der Waals surface area (Å²) < 4.78 is 26.4. The molecule has 0 aromatic heterocycles. The molecule has 94 valence electrons. The first kappa shape index (κ1) is 14.2. The van der Waals surface area contributed by atoms with Gasteiger partial charge in [-0.15, -0.1) is 0 Å². The molecule has 4 N–H and O–H groups in total. The SMILES string of the molecule is N/C(CNS(=O)(=O)c1ccc(Br)cc1Cl)=N\O. The molecule has 0 atom stereocenters. The van der Waals surface area contributed by atoms with Gasteiger partial charge >= 0.3 is 0 Å². The molecule has 0 fully saturated rings. The van der Waals surface area contributed by atoms with Crippen LogP contribution in [0.5, 0.6) is 0 Å². The molecule has 0 radical (unpaired) electrons. The quantitative estimate of drug-likeness (QED) is 0.330. The van der Waals surface area contributed by atoms with Crippen molar-refractivity contribution in [2.24, 2.45) is 10.9 Å². The number of hydrogen-bond donors (Lipinski definition) is 3. The van der Waals surface area contributed by atoms with Crippen LogP contribution in [-0.4, -0.2) is 26.0 Å². The topological polar surface area (TPSA) is 105 Å². The highest BCUT2D eigenvalue weighted by Crippen LogP contribution is 2.24. The van der Waals surface area contributed by atoms with E-state index in [1.807, 2.05) is 0 Å². The normalized spacial score (nSPS) is 12.7. The highest BCUT2D eigenvalue weighted by atomic mass is 79.9. The maximum Gasteiger partial charge on any atom is 0.242 e. The van der Waals surface area contributed by atoms with E-state index in [1.54, 1.807) is 6.07 Å². The number of sulfonamides is 1. The molecule has 0 aliphatic carbocycles. The Hall–Kier alpha value is -0.830. The van der Waals surface area contributed by atoms with Crippen molar-refractivity contribution < 1.29 is 13.6 Å². The number of nitrogens with zero attached hydrogens (tertiary/aromatic N) is 1. The summed E-state index contributed by atoms with van der Waals surface area (Å²) in [5, 5.41) is 11.0. The Morgan fingerprint density at radius 2 is 2.24 bits per heavy atom. The van der Waals surface area contributed by atoms with Gasteiger partial charge in [0.15, 0.2) is 5.84 Å². The van der Waals surface area contributed by atoms with Gasteiger partial charge in [0.2, 0.25) is 10.0 Å². The number of halogens is 2. The molecular weight excluding hydrogens is 334 g/mol. The molecule has 1 aromatic carbocycles. The summed E-state index contributed by atoms with van der Waals surface area (Å²) in [5.41, 5.74) is 5.15. The van der Waals surface area contributed by atoms with Gasteiger partial charge in [0, 0.05) is 4.47 Å². The van der Waals surface area contributed by atoms with Crippen molar-refractivity contribution in [1.29, 1.82) is 0 Å². The van der Waals surface area contributed by atoms with Crippen LogP contribution < -0.4 is 10.5 Å². The van der Waals surface area contributed by atoms with Crippen molar-refractivity contribution in [3.63, 3.8) is 0 Å². The fraction of sp³-hybridized carbons (Fsp3) is 0.125. The summed E-state index contributed by atoms with van der Waals surface area (Å²) in [7, 11) is -3.79. The standard InChI is InChI=1S/C8H9BrClN3O3S/c9-5-1-2-7(6(10)3-5)17(15,16)12-4-8(11)13-14/h1-3,12,14H,4H2,(H2,11,13). The summed E-state index contributed by atoms with van der Waals surface area (Å²) in [6.45, 7) is -0.300. The zero-order chi connectivity index (χ0) is 13.1. The molecule has 0 bridgehead atoms.